The van der Waals surface area contributed by atoms with Crippen LogP contribution in [0, 0.1) is 0 Å². The molecule has 1 amide bonds. The molecule has 0 saturated heterocycles. The van der Waals surface area contributed by atoms with Gasteiger partial charge in [0.25, 0.3) is 11.5 Å². The number of aromatic nitrogens is 4. The Morgan fingerprint density at radius 2 is 1.71 bits per heavy atom. The maximum Gasteiger partial charge on any atom is 0.277 e. The van der Waals surface area contributed by atoms with Gasteiger partial charge in [0.15, 0.2) is 11.2 Å². The summed E-state index contributed by atoms with van der Waals surface area (Å²) in [5.74, 6) is 0.0136. The molecule has 2 N–H and O–H groups in total. The molecule has 0 spiro atoms. The zero-order valence-electron chi connectivity index (χ0n) is 15.9. The molecule has 4 aromatic rings. The SMILES string of the molecule is CC(C)c1ccc([C@@H](C)NC(=O)c2nnn3c2c(=O)[nH]c2ccccc23)cc1. The van der Waals surface area contributed by atoms with E-state index in [9.17, 15) is 9.59 Å². The first-order valence-electron chi connectivity index (χ1n) is 9.23. The minimum Gasteiger partial charge on any atom is -0.344 e. The fourth-order valence-corrected chi connectivity index (χ4v) is 3.27. The minimum atomic E-state index is -0.434. The second kappa shape index (κ2) is 6.92. The first-order chi connectivity index (χ1) is 13.5. The van der Waals surface area contributed by atoms with Crippen LogP contribution in [0.4, 0.5) is 0 Å². The third-order valence-electron chi connectivity index (χ3n) is 4.93. The van der Waals surface area contributed by atoms with Crippen molar-refractivity contribution in [2.24, 2.45) is 0 Å². The van der Waals surface area contributed by atoms with Crippen LogP contribution in [0.15, 0.2) is 53.3 Å². The summed E-state index contributed by atoms with van der Waals surface area (Å²) in [6.45, 7) is 6.17. The van der Waals surface area contributed by atoms with E-state index in [1.54, 1.807) is 6.07 Å². The van der Waals surface area contributed by atoms with Crippen molar-refractivity contribution in [2.45, 2.75) is 32.7 Å². The number of amides is 1. The molecule has 0 saturated carbocycles. The van der Waals surface area contributed by atoms with Gasteiger partial charge in [0, 0.05) is 0 Å². The molecule has 0 radical (unpaired) electrons. The molecule has 2 aromatic heterocycles. The van der Waals surface area contributed by atoms with Crippen LogP contribution in [0.5, 0.6) is 0 Å². The van der Waals surface area contributed by atoms with E-state index >= 15 is 0 Å². The summed E-state index contributed by atoms with van der Waals surface area (Å²) in [4.78, 5) is 28.1. The van der Waals surface area contributed by atoms with Crippen molar-refractivity contribution in [3.05, 3.63) is 75.7 Å². The van der Waals surface area contributed by atoms with Gasteiger partial charge in [-0.1, -0.05) is 55.5 Å². The van der Waals surface area contributed by atoms with E-state index in [0.717, 1.165) is 5.56 Å². The normalized spacial score (nSPS) is 12.6. The van der Waals surface area contributed by atoms with Crippen LogP contribution in [-0.4, -0.2) is 25.7 Å². The number of para-hydroxylation sites is 2. The number of hydrogen-bond donors (Lipinski definition) is 2. The third kappa shape index (κ3) is 3.05. The molecule has 0 fully saturated rings. The predicted molar refractivity (Wildman–Crippen MR) is 108 cm³/mol. The van der Waals surface area contributed by atoms with Crippen molar-refractivity contribution in [1.29, 1.82) is 0 Å². The molecular formula is C21H21N5O2. The van der Waals surface area contributed by atoms with E-state index in [4.69, 9.17) is 0 Å². The molecule has 2 heterocycles. The maximum absolute atomic E-state index is 12.8. The highest BCUT2D eigenvalue weighted by Gasteiger charge is 2.21. The van der Waals surface area contributed by atoms with Crippen molar-refractivity contribution in [3.63, 3.8) is 0 Å². The molecule has 7 nitrogen and oxygen atoms in total. The highest BCUT2D eigenvalue weighted by molar-refractivity contribution is 5.99. The Labute approximate surface area is 161 Å². The maximum atomic E-state index is 12.8. The highest BCUT2D eigenvalue weighted by atomic mass is 16.2. The van der Waals surface area contributed by atoms with Gasteiger partial charge in [-0.25, -0.2) is 4.52 Å². The topological polar surface area (TPSA) is 92.2 Å². The Balaban J connectivity index is 1.65. The molecule has 0 aliphatic heterocycles. The smallest absolute Gasteiger partial charge is 0.277 e. The van der Waals surface area contributed by atoms with E-state index < -0.39 is 11.5 Å². The summed E-state index contributed by atoms with van der Waals surface area (Å²) in [6.07, 6.45) is 0. The van der Waals surface area contributed by atoms with Gasteiger partial charge >= 0.3 is 0 Å². The largest absolute Gasteiger partial charge is 0.344 e. The fraction of sp³-hybridized carbons (Fsp3) is 0.238. The Hall–Kier alpha value is -3.48. The van der Waals surface area contributed by atoms with Gasteiger partial charge in [-0.2, -0.15) is 0 Å². The molecule has 0 aliphatic rings. The summed E-state index contributed by atoms with van der Waals surface area (Å²) >= 11 is 0. The number of carbonyl (C=O) groups is 1. The lowest BCUT2D eigenvalue weighted by Gasteiger charge is -2.14. The van der Waals surface area contributed by atoms with Crippen LogP contribution in [0.25, 0.3) is 16.6 Å². The first kappa shape index (κ1) is 17.9. The van der Waals surface area contributed by atoms with E-state index in [-0.39, 0.29) is 17.3 Å². The molecule has 0 aliphatic carbocycles. The monoisotopic (exact) mass is 375 g/mol. The van der Waals surface area contributed by atoms with E-state index in [1.165, 1.54) is 10.1 Å². The van der Waals surface area contributed by atoms with Gasteiger partial charge < -0.3 is 10.3 Å². The van der Waals surface area contributed by atoms with E-state index in [2.05, 4.69) is 46.6 Å². The van der Waals surface area contributed by atoms with Crippen LogP contribution in [0.2, 0.25) is 0 Å². The summed E-state index contributed by atoms with van der Waals surface area (Å²) < 4.78 is 1.41. The number of benzene rings is 2. The van der Waals surface area contributed by atoms with Gasteiger partial charge in [0.1, 0.15) is 0 Å². The van der Waals surface area contributed by atoms with Crippen LogP contribution in [0.1, 0.15) is 54.3 Å². The molecule has 1 atom stereocenters. The van der Waals surface area contributed by atoms with Crippen molar-refractivity contribution < 1.29 is 4.79 Å². The van der Waals surface area contributed by atoms with Gasteiger partial charge in [0.2, 0.25) is 0 Å². The highest BCUT2D eigenvalue weighted by Crippen LogP contribution is 2.19. The Kier molecular flexibility index (Phi) is 4.43. The Bertz CT molecular complexity index is 1220. The van der Waals surface area contributed by atoms with Gasteiger partial charge in [-0.15, -0.1) is 5.10 Å². The number of nitrogens with zero attached hydrogens (tertiary/aromatic N) is 3. The lowest BCUT2D eigenvalue weighted by Crippen LogP contribution is -2.28. The molecule has 7 heteroatoms. The standard InChI is InChI=1S/C21H21N5O2/c1-12(2)14-8-10-15(11-9-14)13(3)22-20(27)18-19-21(28)23-16-6-4-5-7-17(16)26(19)25-24-18/h4-13H,1-3H3,(H,22,27)(H,23,28)/t13-/m1/s1. The number of rotatable bonds is 4. The third-order valence-corrected chi connectivity index (χ3v) is 4.93. The van der Waals surface area contributed by atoms with Crippen molar-refractivity contribution in [3.8, 4) is 0 Å². The Morgan fingerprint density at radius 3 is 2.43 bits per heavy atom. The molecule has 142 valence electrons. The lowest BCUT2D eigenvalue weighted by molar-refractivity contribution is 0.0936. The van der Waals surface area contributed by atoms with Crippen LogP contribution >= 0.6 is 0 Å². The molecule has 4 rings (SSSR count). The van der Waals surface area contributed by atoms with Crippen LogP contribution in [-0.2, 0) is 0 Å². The van der Waals surface area contributed by atoms with E-state index in [0.29, 0.717) is 17.0 Å². The summed E-state index contributed by atoms with van der Waals surface area (Å²) in [6, 6.07) is 15.2. The second-order valence-corrected chi connectivity index (χ2v) is 7.19. The second-order valence-electron chi connectivity index (χ2n) is 7.19. The van der Waals surface area contributed by atoms with E-state index in [1.807, 2.05) is 37.3 Å². The lowest BCUT2D eigenvalue weighted by atomic mass is 9.99. The van der Waals surface area contributed by atoms with Crippen LogP contribution < -0.4 is 10.9 Å². The Morgan fingerprint density at radius 1 is 1.04 bits per heavy atom. The van der Waals surface area contributed by atoms with Crippen LogP contribution in [0.3, 0.4) is 0 Å². The molecule has 0 unspecified atom stereocenters. The number of hydrogen-bond acceptors (Lipinski definition) is 4. The predicted octanol–water partition coefficient (Wildman–Crippen LogP) is 3.19. The number of aromatic amines is 1. The van der Waals surface area contributed by atoms with Gasteiger partial charge in [-0.3, -0.25) is 9.59 Å². The van der Waals surface area contributed by atoms with Crippen molar-refractivity contribution >= 4 is 22.5 Å². The quantitative estimate of drug-likeness (QED) is 0.573. The minimum absolute atomic E-state index is 0.0117. The molecular weight excluding hydrogens is 354 g/mol. The average Bonchev–Trinajstić information content (AvgIpc) is 3.14. The summed E-state index contributed by atoms with van der Waals surface area (Å²) in [5, 5.41) is 10.9. The van der Waals surface area contributed by atoms with Gasteiger partial charge in [-0.05, 0) is 36.1 Å². The zero-order valence-corrected chi connectivity index (χ0v) is 15.9. The zero-order chi connectivity index (χ0) is 19.8. The number of H-pyrrole nitrogens is 1. The number of carbonyl (C=O) groups excluding carboxylic acids is 1. The molecule has 2 aromatic carbocycles. The molecule has 28 heavy (non-hydrogen) atoms. The van der Waals surface area contributed by atoms with Crippen molar-refractivity contribution in [2.75, 3.05) is 0 Å². The van der Waals surface area contributed by atoms with Gasteiger partial charge in [0.05, 0.1) is 17.1 Å². The fourth-order valence-electron chi connectivity index (χ4n) is 3.27. The summed E-state index contributed by atoms with van der Waals surface area (Å²) in [5.41, 5.74) is 3.29. The summed E-state index contributed by atoms with van der Waals surface area (Å²) in [7, 11) is 0. The first-order valence-corrected chi connectivity index (χ1v) is 9.23. The molecule has 0 bridgehead atoms. The van der Waals surface area contributed by atoms with Crippen molar-refractivity contribution in [1.82, 2.24) is 25.1 Å². The average molecular weight is 375 g/mol. The number of nitrogens with one attached hydrogen (secondary N) is 2. The number of fused-ring (bicyclic) bond motifs is 3.